The molecule has 0 unspecified atom stereocenters. The van der Waals surface area contributed by atoms with Crippen LogP contribution in [0.25, 0.3) is 0 Å². The predicted octanol–water partition coefficient (Wildman–Crippen LogP) is -0.443. The summed E-state index contributed by atoms with van der Waals surface area (Å²) >= 11 is 0. The minimum atomic E-state index is -0.717. The van der Waals surface area contributed by atoms with Gasteiger partial charge in [-0.1, -0.05) is 0 Å². The van der Waals surface area contributed by atoms with Gasteiger partial charge in [0.15, 0.2) is 29.3 Å². The van der Waals surface area contributed by atoms with Crippen LogP contribution in [0.1, 0.15) is 34.1 Å². The van der Waals surface area contributed by atoms with Crippen LogP contribution in [0.5, 0.6) is 0 Å². The van der Waals surface area contributed by atoms with Crippen molar-refractivity contribution in [3.63, 3.8) is 0 Å². The fourth-order valence-electron chi connectivity index (χ4n) is 1.85. The molecular weight excluding hydrogens is 322 g/mol. The van der Waals surface area contributed by atoms with Gasteiger partial charge in [0, 0.05) is 30.7 Å². The molecular formula is C12H31NO5Si3. The van der Waals surface area contributed by atoms with E-state index in [4.69, 9.17) is 18.0 Å². The Morgan fingerprint density at radius 2 is 1.43 bits per heavy atom. The van der Waals surface area contributed by atoms with Crippen molar-refractivity contribution in [2.75, 3.05) is 33.0 Å². The zero-order valence-electron chi connectivity index (χ0n) is 13.9. The molecule has 0 heterocycles. The molecule has 0 aliphatic heterocycles. The standard InChI is InChI=1S/C12H31NO5Si3/c1-5-13-11(14)15-10-9-12(19-16-6-2,20-17-7-3)21-18-8-4/h5-10,19-21H2,1-4H3,(H,13,14). The lowest BCUT2D eigenvalue weighted by Gasteiger charge is -2.31. The third kappa shape index (κ3) is 10.2. The SMILES string of the molecule is CCNC(=O)OCCC([SiH2]OCC)([SiH2]OCC)[SiH2]OCC. The molecule has 0 rings (SSSR count). The minimum Gasteiger partial charge on any atom is -0.450 e. The second kappa shape index (κ2) is 13.5. The number of carbonyl (C=O) groups is 1. The lowest BCUT2D eigenvalue weighted by molar-refractivity contribution is 0.143. The van der Waals surface area contributed by atoms with Crippen LogP contribution >= 0.6 is 0 Å². The minimum absolute atomic E-state index is 0.133. The van der Waals surface area contributed by atoms with Gasteiger partial charge in [-0.2, -0.15) is 0 Å². The first-order valence-corrected chi connectivity index (χ1v) is 11.6. The Kier molecular flexibility index (Phi) is 13.3. The number of rotatable bonds is 13. The summed E-state index contributed by atoms with van der Waals surface area (Å²) in [6, 6.07) is 0. The first-order valence-electron chi connectivity index (χ1n) is 7.78. The van der Waals surface area contributed by atoms with Gasteiger partial charge in [0.05, 0.1) is 6.61 Å². The Morgan fingerprint density at radius 3 is 1.81 bits per heavy atom. The van der Waals surface area contributed by atoms with Crippen molar-refractivity contribution in [1.29, 1.82) is 0 Å². The van der Waals surface area contributed by atoms with E-state index in [1.807, 2.05) is 27.7 Å². The zero-order valence-corrected chi connectivity index (χ0v) is 18.1. The molecule has 0 radical (unpaired) electrons. The summed E-state index contributed by atoms with van der Waals surface area (Å²) in [4.78, 5) is 11.4. The smallest absolute Gasteiger partial charge is 0.407 e. The van der Waals surface area contributed by atoms with Crippen molar-refractivity contribution in [3.05, 3.63) is 0 Å². The van der Waals surface area contributed by atoms with Gasteiger partial charge in [-0.25, -0.2) is 4.79 Å². The van der Waals surface area contributed by atoms with Gasteiger partial charge in [-0.05, 0) is 34.1 Å². The van der Waals surface area contributed by atoms with Crippen LogP contribution in [-0.2, 0) is 18.0 Å². The Hall–Kier alpha value is -0.199. The molecule has 6 nitrogen and oxygen atoms in total. The van der Waals surface area contributed by atoms with E-state index in [0.717, 1.165) is 26.2 Å². The van der Waals surface area contributed by atoms with Crippen molar-refractivity contribution in [1.82, 2.24) is 5.32 Å². The first-order chi connectivity index (χ1) is 10.1. The third-order valence-corrected chi connectivity index (χ3v) is 11.4. The Morgan fingerprint density at radius 1 is 0.952 bits per heavy atom. The molecule has 9 heteroatoms. The molecule has 0 aliphatic carbocycles. The molecule has 21 heavy (non-hydrogen) atoms. The van der Waals surface area contributed by atoms with E-state index in [0.29, 0.717) is 13.2 Å². The molecule has 0 spiro atoms. The van der Waals surface area contributed by atoms with Gasteiger partial charge >= 0.3 is 6.09 Å². The largest absolute Gasteiger partial charge is 0.450 e. The van der Waals surface area contributed by atoms with Crippen molar-refractivity contribution in [2.24, 2.45) is 0 Å². The van der Waals surface area contributed by atoms with Crippen molar-refractivity contribution >= 4 is 35.4 Å². The van der Waals surface area contributed by atoms with Crippen LogP contribution < -0.4 is 5.32 Å². The topological polar surface area (TPSA) is 66.0 Å². The molecule has 126 valence electrons. The maximum atomic E-state index is 11.4. The Bertz CT molecular complexity index is 250. The molecule has 0 aromatic carbocycles. The van der Waals surface area contributed by atoms with Crippen LogP contribution in [0.3, 0.4) is 0 Å². The van der Waals surface area contributed by atoms with Crippen LogP contribution in [0.2, 0.25) is 4.28 Å². The number of amides is 1. The second-order valence-electron chi connectivity index (χ2n) is 4.83. The Balaban J connectivity index is 4.51. The van der Waals surface area contributed by atoms with E-state index >= 15 is 0 Å². The molecule has 0 aromatic rings. The summed E-state index contributed by atoms with van der Waals surface area (Å²) in [6.07, 6.45) is 0.482. The molecule has 0 fully saturated rings. The average Bonchev–Trinajstić information content (AvgIpc) is 2.48. The molecule has 0 aliphatic rings. The summed E-state index contributed by atoms with van der Waals surface area (Å²) < 4.78 is 22.7. The fourth-order valence-corrected chi connectivity index (χ4v) is 8.23. The highest BCUT2D eigenvalue weighted by molar-refractivity contribution is 6.74. The van der Waals surface area contributed by atoms with Gasteiger partial charge in [-0.3, -0.25) is 0 Å². The number of alkyl carbamates (subject to hydrolysis) is 1. The molecule has 1 amide bonds. The zero-order chi connectivity index (χ0) is 16.0. The van der Waals surface area contributed by atoms with Crippen molar-refractivity contribution < 1.29 is 22.8 Å². The molecule has 0 saturated carbocycles. The number of ether oxygens (including phenoxy) is 1. The summed E-state index contributed by atoms with van der Waals surface area (Å²) in [5, 5.41) is 2.64. The summed E-state index contributed by atoms with van der Waals surface area (Å²) in [5.41, 5.74) is 0. The summed E-state index contributed by atoms with van der Waals surface area (Å²) in [5.74, 6) is 0. The number of hydrogen-bond acceptors (Lipinski definition) is 5. The molecule has 0 aromatic heterocycles. The Labute approximate surface area is 135 Å². The lowest BCUT2D eigenvalue weighted by Crippen LogP contribution is -2.39. The van der Waals surface area contributed by atoms with Gasteiger partial charge in [-0.15, -0.1) is 0 Å². The van der Waals surface area contributed by atoms with Crippen molar-refractivity contribution in [2.45, 2.75) is 38.4 Å². The maximum absolute atomic E-state index is 11.4. The highest BCUT2D eigenvalue weighted by atomic mass is 28.4. The summed E-state index contributed by atoms with van der Waals surface area (Å²) in [7, 11) is -2.15. The molecule has 0 bridgehead atoms. The normalized spacial score (nSPS) is 15.4. The van der Waals surface area contributed by atoms with Gasteiger partial charge in [0.1, 0.15) is 0 Å². The van der Waals surface area contributed by atoms with E-state index in [1.165, 1.54) is 0 Å². The van der Waals surface area contributed by atoms with Crippen LogP contribution in [0, 0.1) is 0 Å². The fraction of sp³-hybridized carbons (Fsp3) is 0.917. The van der Waals surface area contributed by atoms with E-state index in [-0.39, 0.29) is 10.4 Å². The quantitative estimate of drug-likeness (QED) is 0.455. The maximum Gasteiger partial charge on any atom is 0.407 e. The molecule has 0 atom stereocenters. The molecule has 1 N–H and O–H groups in total. The molecule has 0 saturated heterocycles. The van der Waals surface area contributed by atoms with Crippen LogP contribution in [0.15, 0.2) is 0 Å². The van der Waals surface area contributed by atoms with Gasteiger partial charge in [0.25, 0.3) is 0 Å². The number of hydrogen-bond donors (Lipinski definition) is 1. The predicted molar refractivity (Wildman–Crippen MR) is 92.8 cm³/mol. The van der Waals surface area contributed by atoms with E-state index < -0.39 is 29.3 Å². The highest BCUT2D eigenvalue weighted by Crippen LogP contribution is 2.27. The lowest BCUT2D eigenvalue weighted by atomic mass is 10.5. The number of carbonyl (C=O) groups excluding carboxylic acids is 1. The van der Waals surface area contributed by atoms with Crippen LogP contribution in [0.4, 0.5) is 4.79 Å². The third-order valence-electron chi connectivity index (χ3n) is 3.02. The van der Waals surface area contributed by atoms with E-state index in [2.05, 4.69) is 5.32 Å². The van der Waals surface area contributed by atoms with E-state index in [1.54, 1.807) is 0 Å². The van der Waals surface area contributed by atoms with Gasteiger partial charge in [0.2, 0.25) is 0 Å². The van der Waals surface area contributed by atoms with Crippen molar-refractivity contribution in [3.8, 4) is 0 Å². The van der Waals surface area contributed by atoms with Crippen LogP contribution in [-0.4, -0.2) is 68.4 Å². The monoisotopic (exact) mass is 353 g/mol. The number of nitrogens with one attached hydrogen (secondary N) is 1. The second-order valence-corrected chi connectivity index (χ2v) is 14.4. The highest BCUT2D eigenvalue weighted by Gasteiger charge is 2.34. The summed E-state index contributed by atoms with van der Waals surface area (Å²) in [6.45, 7) is 11.2. The first kappa shape index (κ1) is 20.8. The average molecular weight is 354 g/mol. The van der Waals surface area contributed by atoms with E-state index in [9.17, 15) is 4.79 Å². The van der Waals surface area contributed by atoms with Gasteiger partial charge < -0.3 is 23.3 Å².